The summed E-state index contributed by atoms with van der Waals surface area (Å²) in [4.78, 5) is 4.59. The van der Waals surface area contributed by atoms with Gasteiger partial charge in [0.1, 0.15) is 10.1 Å². The highest BCUT2D eigenvalue weighted by Crippen LogP contribution is 2.29. The maximum absolute atomic E-state index is 5.58. The molecule has 1 fully saturated rings. The van der Waals surface area contributed by atoms with Crippen LogP contribution in [0.4, 0.5) is 0 Å². The molecule has 1 heterocycles. The van der Waals surface area contributed by atoms with Gasteiger partial charge >= 0.3 is 0 Å². The van der Waals surface area contributed by atoms with Gasteiger partial charge in [-0.3, -0.25) is 4.90 Å². The molecule has 7 heteroatoms. The molecule has 5 nitrogen and oxygen atoms in total. The van der Waals surface area contributed by atoms with Gasteiger partial charge < -0.3 is 19.1 Å². The van der Waals surface area contributed by atoms with E-state index in [1.54, 1.807) is 33.1 Å². The number of methoxy groups -OCH3 is 3. The molecule has 1 aliphatic rings. The first-order chi connectivity index (χ1) is 13.1. The van der Waals surface area contributed by atoms with Crippen molar-refractivity contribution >= 4 is 28.3 Å². The second kappa shape index (κ2) is 9.30. The smallest absolute Gasteiger partial charge is 0.161 e. The molecular weight excluding hydrogens is 380 g/mol. The number of nitrogens with zero attached hydrogens (tertiary/aromatic N) is 2. The van der Waals surface area contributed by atoms with Crippen LogP contribution < -0.4 is 14.2 Å². The van der Waals surface area contributed by atoms with Gasteiger partial charge in [0.25, 0.3) is 0 Å². The fourth-order valence-electron chi connectivity index (χ4n) is 2.98. The number of hydrogen-bond acceptors (Lipinski definition) is 6. The Kier molecular flexibility index (Phi) is 6.82. The molecule has 0 aromatic heterocycles. The Balaban J connectivity index is 1.65. The molecule has 0 bridgehead atoms. The molecule has 144 valence electrons. The molecule has 0 radical (unpaired) electrons. The summed E-state index contributed by atoms with van der Waals surface area (Å²) in [7, 11) is 4.98. The molecule has 0 amide bonds. The van der Waals surface area contributed by atoms with E-state index in [4.69, 9.17) is 26.4 Å². The van der Waals surface area contributed by atoms with Crippen LogP contribution in [0.3, 0.4) is 0 Å². The number of benzene rings is 2. The minimum atomic E-state index is 0.734. The molecule has 2 aromatic carbocycles. The second-order valence-electron chi connectivity index (χ2n) is 6.25. The van der Waals surface area contributed by atoms with E-state index in [9.17, 15) is 0 Å². The summed E-state index contributed by atoms with van der Waals surface area (Å²) in [6.07, 6.45) is 0. The highest BCUT2D eigenvalue weighted by molar-refractivity contribution is 8.22. The zero-order valence-electron chi connectivity index (χ0n) is 15.8. The van der Waals surface area contributed by atoms with Crippen molar-refractivity contribution in [3.8, 4) is 17.2 Å². The fraction of sp³-hybridized carbons (Fsp3) is 0.350. The summed E-state index contributed by atoms with van der Waals surface area (Å²) in [5.74, 6) is 3.24. The Hall–Kier alpha value is -1.96. The Morgan fingerprint density at radius 1 is 0.889 bits per heavy atom. The monoisotopic (exact) mass is 404 g/mol. The largest absolute Gasteiger partial charge is 0.497 e. The Labute approximate surface area is 170 Å². The first kappa shape index (κ1) is 19.8. The van der Waals surface area contributed by atoms with Gasteiger partial charge in [-0.05, 0) is 35.4 Å². The topological polar surface area (TPSA) is 34.2 Å². The van der Waals surface area contributed by atoms with Crippen LogP contribution in [0.5, 0.6) is 17.2 Å². The lowest BCUT2D eigenvalue weighted by atomic mass is 10.2. The van der Waals surface area contributed by atoms with Gasteiger partial charge in [0, 0.05) is 13.1 Å². The fourth-order valence-corrected chi connectivity index (χ4v) is 4.03. The molecule has 0 aliphatic carbocycles. The van der Waals surface area contributed by atoms with E-state index in [1.165, 1.54) is 5.56 Å². The molecule has 3 rings (SSSR count). The van der Waals surface area contributed by atoms with Gasteiger partial charge in [-0.25, -0.2) is 0 Å². The molecule has 0 saturated carbocycles. The summed E-state index contributed by atoms with van der Waals surface area (Å²) in [6.45, 7) is 2.42. The zero-order valence-corrected chi connectivity index (χ0v) is 17.4. The second-order valence-corrected chi connectivity index (χ2v) is 7.82. The Morgan fingerprint density at radius 3 is 2.26 bits per heavy atom. The van der Waals surface area contributed by atoms with Gasteiger partial charge in [-0.2, -0.15) is 0 Å². The zero-order chi connectivity index (χ0) is 19.2. The number of thiocarbonyl (C=S) groups is 1. The summed E-state index contributed by atoms with van der Waals surface area (Å²) in [5.41, 5.74) is 2.40. The van der Waals surface area contributed by atoms with E-state index in [-0.39, 0.29) is 0 Å². The summed E-state index contributed by atoms with van der Waals surface area (Å²) < 4.78 is 16.9. The van der Waals surface area contributed by atoms with E-state index in [1.807, 2.05) is 24.3 Å². The van der Waals surface area contributed by atoms with Crippen molar-refractivity contribution in [2.24, 2.45) is 0 Å². The Morgan fingerprint density at radius 2 is 1.59 bits per heavy atom. The molecule has 0 N–H and O–H groups in total. The molecule has 0 spiro atoms. The van der Waals surface area contributed by atoms with Crippen molar-refractivity contribution < 1.29 is 14.2 Å². The molecule has 1 aliphatic heterocycles. The third kappa shape index (κ3) is 5.06. The summed E-state index contributed by atoms with van der Waals surface area (Å²) in [6, 6.07) is 14.2. The minimum Gasteiger partial charge on any atom is -0.497 e. The normalized spacial score (nSPS) is 14.9. The summed E-state index contributed by atoms with van der Waals surface area (Å²) >= 11 is 7.28. The standard InChI is InChI=1S/C20H24N2O3S2/c1-23-17-7-4-15(5-8-17)11-21-13-22(20(26)27-14-21)12-16-6-9-18(24-2)19(10-16)25-3/h4-10H,11-14H2,1-3H3. The van der Waals surface area contributed by atoms with Crippen molar-refractivity contribution in [2.75, 3.05) is 33.9 Å². The first-order valence-corrected chi connectivity index (χ1v) is 10.00. The molecule has 27 heavy (non-hydrogen) atoms. The highest BCUT2D eigenvalue weighted by atomic mass is 32.2. The van der Waals surface area contributed by atoms with Crippen LogP contribution in [0.25, 0.3) is 0 Å². The van der Waals surface area contributed by atoms with Crippen LogP contribution in [-0.2, 0) is 13.1 Å². The first-order valence-electron chi connectivity index (χ1n) is 8.61. The molecular formula is C20H24N2O3S2. The quantitative estimate of drug-likeness (QED) is 0.646. The van der Waals surface area contributed by atoms with Crippen molar-refractivity contribution in [3.05, 3.63) is 53.6 Å². The van der Waals surface area contributed by atoms with E-state index in [0.717, 1.165) is 52.8 Å². The van der Waals surface area contributed by atoms with E-state index >= 15 is 0 Å². The van der Waals surface area contributed by atoms with Crippen LogP contribution in [0, 0.1) is 0 Å². The van der Waals surface area contributed by atoms with Crippen molar-refractivity contribution in [3.63, 3.8) is 0 Å². The van der Waals surface area contributed by atoms with Crippen LogP contribution in [0.2, 0.25) is 0 Å². The van der Waals surface area contributed by atoms with Crippen LogP contribution in [0.1, 0.15) is 11.1 Å². The number of hydrogen-bond donors (Lipinski definition) is 0. The average Bonchev–Trinajstić information content (AvgIpc) is 2.71. The summed E-state index contributed by atoms with van der Waals surface area (Å²) in [5, 5.41) is 0. The van der Waals surface area contributed by atoms with Gasteiger partial charge in [0.05, 0.1) is 33.9 Å². The van der Waals surface area contributed by atoms with Crippen molar-refractivity contribution in [2.45, 2.75) is 13.1 Å². The highest BCUT2D eigenvalue weighted by Gasteiger charge is 2.22. The predicted octanol–water partition coefficient (Wildman–Crippen LogP) is 3.96. The number of rotatable bonds is 7. The van der Waals surface area contributed by atoms with E-state index < -0.39 is 0 Å². The molecule has 1 saturated heterocycles. The van der Waals surface area contributed by atoms with Crippen LogP contribution >= 0.6 is 24.0 Å². The van der Waals surface area contributed by atoms with Crippen LogP contribution in [-0.4, -0.2) is 48.0 Å². The van der Waals surface area contributed by atoms with Crippen molar-refractivity contribution in [1.29, 1.82) is 0 Å². The lowest BCUT2D eigenvalue weighted by Gasteiger charge is -2.36. The van der Waals surface area contributed by atoms with Gasteiger partial charge in [0.15, 0.2) is 11.5 Å². The van der Waals surface area contributed by atoms with Gasteiger partial charge in [-0.1, -0.05) is 42.2 Å². The average molecular weight is 405 g/mol. The molecule has 2 aromatic rings. The lowest BCUT2D eigenvalue weighted by molar-refractivity contribution is 0.201. The lowest BCUT2D eigenvalue weighted by Crippen LogP contribution is -2.43. The van der Waals surface area contributed by atoms with Crippen LogP contribution in [0.15, 0.2) is 42.5 Å². The number of ether oxygens (including phenoxy) is 3. The number of thioether (sulfide) groups is 1. The maximum atomic E-state index is 5.58. The maximum Gasteiger partial charge on any atom is 0.161 e. The van der Waals surface area contributed by atoms with E-state index in [0.29, 0.717) is 0 Å². The minimum absolute atomic E-state index is 0.734. The third-order valence-corrected chi connectivity index (χ3v) is 6.00. The molecule has 0 atom stereocenters. The van der Waals surface area contributed by atoms with E-state index in [2.05, 4.69) is 28.0 Å². The molecule has 0 unspecified atom stereocenters. The predicted molar refractivity (Wildman–Crippen MR) is 114 cm³/mol. The Bertz CT molecular complexity index is 783. The van der Waals surface area contributed by atoms with Gasteiger partial charge in [0.2, 0.25) is 0 Å². The third-order valence-electron chi connectivity index (χ3n) is 4.39. The van der Waals surface area contributed by atoms with Gasteiger partial charge in [-0.15, -0.1) is 0 Å². The SMILES string of the molecule is COc1ccc(CN2CSC(=S)N(Cc3ccc(OC)c(OC)c3)C2)cc1. The van der Waals surface area contributed by atoms with Crippen molar-refractivity contribution in [1.82, 2.24) is 9.80 Å².